The highest BCUT2D eigenvalue weighted by Crippen LogP contribution is 2.20. The van der Waals surface area contributed by atoms with E-state index in [-0.39, 0.29) is 32.0 Å². The molecule has 30 heavy (non-hydrogen) atoms. The van der Waals surface area contributed by atoms with Crippen LogP contribution in [-0.2, 0) is 28.5 Å². The number of hydrogen-bond acceptors (Lipinski definition) is 8. The lowest BCUT2D eigenvalue weighted by Gasteiger charge is -2.12. The molecule has 10 nitrogen and oxygen atoms in total. The lowest BCUT2D eigenvalue weighted by molar-refractivity contribution is -0.140. The molecule has 0 atom stereocenters. The highest BCUT2D eigenvalue weighted by molar-refractivity contribution is 5.90. The molecule has 0 aliphatic heterocycles. The van der Waals surface area contributed by atoms with E-state index in [1.807, 2.05) is 0 Å². The minimum atomic E-state index is -0.763. The second kappa shape index (κ2) is 12.6. The number of nitrogens with one attached hydrogen (secondary N) is 2. The third kappa shape index (κ3) is 9.40. The van der Waals surface area contributed by atoms with Gasteiger partial charge in [0.1, 0.15) is 26.4 Å². The van der Waals surface area contributed by atoms with Crippen LogP contribution in [0.3, 0.4) is 0 Å². The van der Waals surface area contributed by atoms with E-state index in [9.17, 15) is 19.2 Å². The molecule has 0 aliphatic rings. The zero-order valence-corrected chi connectivity index (χ0v) is 16.8. The maximum Gasteiger partial charge on any atom is 0.411 e. The molecule has 0 heterocycles. The van der Waals surface area contributed by atoms with Gasteiger partial charge >= 0.3 is 24.1 Å². The number of hydrogen-bond donors (Lipinski definition) is 2. The van der Waals surface area contributed by atoms with Crippen molar-refractivity contribution >= 4 is 35.5 Å². The standard InChI is InChI=1S/C20H24N2O8/c1-5-17(23)27-8-10-29-19(25)21-15-7-6-14(4)16(12-15)22-20(26)30-11-9-28-18(24)13(2)3/h5-7,12H,1-2,8-11H2,3-4H3,(H,21,25)(H,22,26). The number of carbonyl (C=O) groups excluding carboxylic acids is 4. The fraction of sp³-hybridized carbons (Fsp3) is 0.300. The summed E-state index contributed by atoms with van der Waals surface area (Å²) in [5, 5.41) is 5.01. The minimum Gasteiger partial charge on any atom is -0.459 e. The van der Waals surface area contributed by atoms with Crippen molar-refractivity contribution in [1.29, 1.82) is 0 Å². The first kappa shape index (κ1) is 24.2. The van der Waals surface area contributed by atoms with Gasteiger partial charge in [-0.05, 0) is 31.5 Å². The topological polar surface area (TPSA) is 129 Å². The van der Waals surface area contributed by atoms with Crippen LogP contribution in [0.15, 0.2) is 43.0 Å². The predicted molar refractivity (Wildman–Crippen MR) is 108 cm³/mol. The molecule has 0 spiro atoms. The second-order valence-electron chi connectivity index (χ2n) is 5.84. The van der Waals surface area contributed by atoms with Gasteiger partial charge < -0.3 is 18.9 Å². The van der Waals surface area contributed by atoms with Crippen LogP contribution in [0.25, 0.3) is 0 Å². The number of benzene rings is 1. The normalized spacial score (nSPS) is 9.67. The Kier molecular flexibility index (Phi) is 10.2. The zero-order valence-electron chi connectivity index (χ0n) is 16.8. The van der Waals surface area contributed by atoms with Crippen LogP contribution in [-0.4, -0.2) is 50.6 Å². The van der Waals surface area contributed by atoms with E-state index in [0.717, 1.165) is 11.6 Å². The maximum atomic E-state index is 11.9. The van der Waals surface area contributed by atoms with Gasteiger partial charge in [0.15, 0.2) is 0 Å². The fourth-order valence-electron chi connectivity index (χ4n) is 1.86. The number of rotatable bonds is 10. The van der Waals surface area contributed by atoms with Crippen LogP contribution in [0.4, 0.5) is 21.0 Å². The third-order valence-electron chi connectivity index (χ3n) is 3.35. The molecule has 0 saturated carbocycles. The lowest BCUT2D eigenvalue weighted by atomic mass is 10.2. The molecule has 162 valence electrons. The summed E-state index contributed by atoms with van der Waals surface area (Å²) in [6.07, 6.45) is -0.518. The zero-order chi connectivity index (χ0) is 22.5. The summed E-state index contributed by atoms with van der Waals surface area (Å²) in [7, 11) is 0. The van der Waals surface area contributed by atoms with Crippen molar-refractivity contribution in [3.05, 3.63) is 48.6 Å². The number of esters is 2. The van der Waals surface area contributed by atoms with Crippen LogP contribution in [0.5, 0.6) is 0 Å². The molecular weight excluding hydrogens is 396 g/mol. The van der Waals surface area contributed by atoms with Crippen LogP contribution in [0.1, 0.15) is 12.5 Å². The van der Waals surface area contributed by atoms with Crippen LogP contribution in [0.2, 0.25) is 0 Å². The summed E-state index contributed by atoms with van der Waals surface area (Å²) < 4.78 is 19.3. The highest BCUT2D eigenvalue weighted by atomic mass is 16.6. The smallest absolute Gasteiger partial charge is 0.411 e. The van der Waals surface area contributed by atoms with Gasteiger partial charge in [-0.1, -0.05) is 19.2 Å². The van der Waals surface area contributed by atoms with Crippen molar-refractivity contribution in [2.75, 3.05) is 37.1 Å². The summed E-state index contributed by atoms with van der Waals surface area (Å²) in [6, 6.07) is 4.80. The minimum absolute atomic E-state index is 0.104. The first-order valence-electron chi connectivity index (χ1n) is 8.83. The molecule has 1 aromatic rings. The number of amides is 2. The Bertz CT molecular complexity index is 819. The molecule has 0 aromatic heterocycles. The van der Waals surface area contributed by atoms with Gasteiger partial charge in [-0.25, -0.2) is 19.2 Å². The third-order valence-corrected chi connectivity index (χ3v) is 3.35. The average Bonchev–Trinajstić information content (AvgIpc) is 2.70. The molecule has 0 radical (unpaired) electrons. The van der Waals surface area contributed by atoms with Gasteiger partial charge in [-0.2, -0.15) is 0 Å². The Labute approximate surface area is 173 Å². The first-order chi connectivity index (χ1) is 14.2. The fourth-order valence-corrected chi connectivity index (χ4v) is 1.86. The SMILES string of the molecule is C=CC(=O)OCCOC(=O)Nc1ccc(C)c(NC(=O)OCCOC(=O)C(=C)C)c1. The number of anilines is 2. The predicted octanol–water partition coefficient (Wildman–Crippen LogP) is 2.94. The van der Waals surface area contributed by atoms with Crippen molar-refractivity contribution in [3.63, 3.8) is 0 Å². The molecule has 0 fully saturated rings. The maximum absolute atomic E-state index is 11.9. The number of carbonyl (C=O) groups is 4. The van der Waals surface area contributed by atoms with Crippen LogP contribution in [0, 0.1) is 6.92 Å². The summed E-state index contributed by atoms with van der Waals surface area (Å²) >= 11 is 0. The molecule has 0 bridgehead atoms. The Morgan fingerprint density at radius 2 is 1.50 bits per heavy atom. The van der Waals surface area contributed by atoms with Crippen molar-refractivity contribution in [2.45, 2.75) is 13.8 Å². The highest BCUT2D eigenvalue weighted by Gasteiger charge is 2.10. The van der Waals surface area contributed by atoms with Crippen molar-refractivity contribution in [1.82, 2.24) is 0 Å². The molecule has 0 saturated heterocycles. The van der Waals surface area contributed by atoms with Crippen LogP contribution < -0.4 is 10.6 Å². The van der Waals surface area contributed by atoms with Gasteiger partial charge in [0.2, 0.25) is 0 Å². The van der Waals surface area contributed by atoms with Gasteiger partial charge in [-0.15, -0.1) is 0 Å². The van der Waals surface area contributed by atoms with E-state index in [1.165, 1.54) is 13.0 Å². The van der Waals surface area contributed by atoms with Gasteiger partial charge in [-0.3, -0.25) is 10.6 Å². The Hall–Kier alpha value is -3.82. The number of aryl methyl sites for hydroxylation is 1. The van der Waals surface area contributed by atoms with E-state index in [0.29, 0.717) is 11.4 Å². The molecular formula is C20H24N2O8. The van der Waals surface area contributed by atoms with Gasteiger partial charge in [0.05, 0.1) is 0 Å². The summed E-state index contributed by atoms with van der Waals surface area (Å²) in [4.78, 5) is 45.8. The van der Waals surface area contributed by atoms with E-state index < -0.39 is 24.1 Å². The Balaban J connectivity index is 2.46. The van der Waals surface area contributed by atoms with Crippen molar-refractivity contribution in [2.24, 2.45) is 0 Å². The van der Waals surface area contributed by atoms with Gasteiger partial charge in [0.25, 0.3) is 0 Å². The average molecular weight is 420 g/mol. The quantitative estimate of drug-likeness (QED) is 0.256. The summed E-state index contributed by atoms with van der Waals surface area (Å²) in [6.45, 7) is 9.46. The van der Waals surface area contributed by atoms with E-state index in [1.54, 1.807) is 19.1 Å². The molecule has 1 rings (SSSR count). The lowest BCUT2D eigenvalue weighted by Crippen LogP contribution is -2.19. The van der Waals surface area contributed by atoms with Crippen LogP contribution >= 0.6 is 0 Å². The molecule has 0 unspecified atom stereocenters. The summed E-state index contributed by atoms with van der Waals surface area (Å²) in [5.74, 6) is -1.19. The monoisotopic (exact) mass is 420 g/mol. The van der Waals surface area contributed by atoms with Crippen molar-refractivity contribution < 1.29 is 38.1 Å². The largest absolute Gasteiger partial charge is 0.459 e. The molecule has 10 heteroatoms. The van der Waals surface area contributed by atoms with Crippen molar-refractivity contribution in [3.8, 4) is 0 Å². The molecule has 1 aromatic carbocycles. The van der Waals surface area contributed by atoms with E-state index in [4.69, 9.17) is 14.2 Å². The molecule has 2 amide bonds. The molecule has 2 N–H and O–H groups in total. The van der Waals surface area contributed by atoms with E-state index in [2.05, 4.69) is 28.5 Å². The first-order valence-corrected chi connectivity index (χ1v) is 8.83. The Morgan fingerprint density at radius 1 is 0.933 bits per heavy atom. The molecule has 0 aliphatic carbocycles. The van der Waals surface area contributed by atoms with E-state index >= 15 is 0 Å². The summed E-state index contributed by atoms with van der Waals surface area (Å²) in [5.41, 5.74) is 1.72. The number of ether oxygens (including phenoxy) is 4. The Morgan fingerprint density at radius 3 is 2.10 bits per heavy atom. The van der Waals surface area contributed by atoms with Gasteiger partial charge in [0, 0.05) is 23.0 Å². The second-order valence-corrected chi connectivity index (χ2v) is 5.84.